The summed E-state index contributed by atoms with van der Waals surface area (Å²) in [4.78, 5) is 0. The lowest BCUT2D eigenvalue weighted by atomic mass is 9.90. The van der Waals surface area contributed by atoms with E-state index in [0.29, 0.717) is 5.92 Å². The summed E-state index contributed by atoms with van der Waals surface area (Å²) in [6.45, 7) is 7.65. The fraction of sp³-hybridized carbons (Fsp3) is 0.250. The van der Waals surface area contributed by atoms with Crippen molar-refractivity contribution in [3.8, 4) is 0 Å². The molecule has 0 heteroatoms. The summed E-state index contributed by atoms with van der Waals surface area (Å²) in [5.74, 6) is 0.576. The predicted octanol–water partition coefficient (Wildman–Crippen LogP) is 4.71. The molecule has 0 spiro atoms. The molecule has 1 aromatic carbocycles. The molecule has 1 aliphatic carbocycles. The van der Waals surface area contributed by atoms with Crippen molar-refractivity contribution in [1.29, 1.82) is 0 Å². The summed E-state index contributed by atoms with van der Waals surface area (Å²) in [5, 5.41) is 0. The van der Waals surface area contributed by atoms with E-state index in [9.17, 15) is 0 Å². The molecule has 0 radical (unpaired) electrons. The van der Waals surface area contributed by atoms with Crippen molar-refractivity contribution in [1.82, 2.24) is 0 Å². The third-order valence-electron chi connectivity index (χ3n) is 3.20. The second-order valence-electron chi connectivity index (χ2n) is 4.26. The van der Waals surface area contributed by atoms with Crippen molar-refractivity contribution in [3.05, 3.63) is 66.3 Å². The van der Waals surface area contributed by atoms with Gasteiger partial charge in [-0.3, -0.25) is 0 Å². The maximum absolute atomic E-state index is 3.84. The van der Waals surface area contributed by atoms with Crippen LogP contribution in [-0.4, -0.2) is 0 Å². The van der Waals surface area contributed by atoms with E-state index in [1.807, 2.05) is 12.2 Å². The Morgan fingerprint density at radius 3 is 2.69 bits per heavy atom. The largest absolute Gasteiger partial charge is 0.103 e. The Hall–Kier alpha value is -1.56. The van der Waals surface area contributed by atoms with Crippen LogP contribution in [0, 0.1) is 0 Å². The first kappa shape index (κ1) is 10.9. The highest BCUT2D eigenvalue weighted by molar-refractivity contribution is 5.66. The number of rotatable bonds is 5. The van der Waals surface area contributed by atoms with Crippen LogP contribution in [0.3, 0.4) is 0 Å². The molecular weight excluding hydrogens is 192 g/mol. The Labute approximate surface area is 98.0 Å². The zero-order valence-electron chi connectivity index (χ0n) is 9.65. The number of benzene rings is 1. The first-order chi connectivity index (χ1) is 7.86. The fourth-order valence-corrected chi connectivity index (χ4v) is 2.45. The van der Waals surface area contributed by atoms with Crippen LogP contribution in [0.2, 0.25) is 0 Å². The van der Waals surface area contributed by atoms with Crippen LogP contribution in [0.4, 0.5) is 0 Å². The molecule has 0 unspecified atom stereocenters. The molecule has 0 aliphatic heterocycles. The maximum atomic E-state index is 3.84. The number of allylic oxidation sites excluding steroid dienone is 3. The monoisotopic (exact) mass is 210 g/mol. The SMILES string of the molecule is C=CCC[C@@H]1C(CC=C)=Cc2ccccc21. The van der Waals surface area contributed by atoms with Gasteiger partial charge >= 0.3 is 0 Å². The molecule has 0 amide bonds. The van der Waals surface area contributed by atoms with Gasteiger partial charge in [0.15, 0.2) is 0 Å². The summed E-state index contributed by atoms with van der Waals surface area (Å²) in [7, 11) is 0. The van der Waals surface area contributed by atoms with Gasteiger partial charge in [-0.2, -0.15) is 0 Å². The van der Waals surface area contributed by atoms with Crippen LogP contribution in [-0.2, 0) is 0 Å². The van der Waals surface area contributed by atoms with Gasteiger partial charge in [0.1, 0.15) is 0 Å². The van der Waals surface area contributed by atoms with Gasteiger partial charge in [-0.25, -0.2) is 0 Å². The molecule has 0 N–H and O–H groups in total. The highest BCUT2D eigenvalue weighted by Gasteiger charge is 2.22. The molecule has 0 nitrogen and oxygen atoms in total. The van der Waals surface area contributed by atoms with E-state index < -0.39 is 0 Å². The molecule has 2 rings (SSSR count). The Kier molecular flexibility index (Phi) is 3.40. The quantitative estimate of drug-likeness (QED) is 0.617. The first-order valence-electron chi connectivity index (χ1n) is 5.88. The Balaban J connectivity index is 2.27. The summed E-state index contributed by atoms with van der Waals surface area (Å²) in [5.41, 5.74) is 4.35. The molecule has 1 atom stereocenters. The molecular formula is C16H18. The van der Waals surface area contributed by atoms with Gasteiger partial charge in [0.2, 0.25) is 0 Å². The van der Waals surface area contributed by atoms with Crippen LogP contribution < -0.4 is 0 Å². The Morgan fingerprint density at radius 1 is 1.12 bits per heavy atom. The van der Waals surface area contributed by atoms with E-state index in [4.69, 9.17) is 0 Å². The highest BCUT2D eigenvalue weighted by Crippen LogP contribution is 2.40. The molecule has 1 aromatic rings. The average Bonchev–Trinajstić information content (AvgIpc) is 2.65. The third-order valence-corrected chi connectivity index (χ3v) is 3.20. The second-order valence-corrected chi connectivity index (χ2v) is 4.26. The zero-order valence-corrected chi connectivity index (χ0v) is 9.65. The van der Waals surface area contributed by atoms with Gasteiger partial charge in [0, 0.05) is 5.92 Å². The summed E-state index contributed by atoms with van der Waals surface area (Å²) in [6, 6.07) is 8.68. The third kappa shape index (κ3) is 2.01. The zero-order chi connectivity index (χ0) is 11.4. The normalized spacial score (nSPS) is 17.8. The summed E-state index contributed by atoms with van der Waals surface area (Å²) < 4.78 is 0. The summed E-state index contributed by atoms with van der Waals surface area (Å²) >= 11 is 0. The van der Waals surface area contributed by atoms with Crippen molar-refractivity contribution in [3.63, 3.8) is 0 Å². The van der Waals surface area contributed by atoms with E-state index >= 15 is 0 Å². The van der Waals surface area contributed by atoms with E-state index in [1.165, 1.54) is 23.1 Å². The van der Waals surface area contributed by atoms with Gasteiger partial charge in [0.05, 0.1) is 0 Å². The van der Waals surface area contributed by atoms with E-state index in [-0.39, 0.29) is 0 Å². The van der Waals surface area contributed by atoms with Crippen molar-refractivity contribution in [2.24, 2.45) is 0 Å². The fourth-order valence-electron chi connectivity index (χ4n) is 2.45. The van der Waals surface area contributed by atoms with E-state index in [1.54, 1.807) is 0 Å². The van der Waals surface area contributed by atoms with Crippen LogP contribution in [0.5, 0.6) is 0 Å². The molecule has 0 saturated carbocycles. The van der Waals surface area contributed by atoms with Crippen molar-refractivity contribution in [2.75, 3.05) is 0 Å². The Bertz CT molecular complexity index is 423. The van der Waals surface area contributed by atoms with Crippen LogP contribution in [0.1, 0.15) is 36.3 Å². The molecule has 0 heterocycles. The molecule has 0 fully saturated rings. The van der Waals surface area contributed by atoms with Gasteiger partial charge in [0.25, 0.3) is 0 Å². The molecule has 0 aromatic heterocycles. The minimum absolute atomic E-state index is 0.576. The molecule has 0 saturated heterocycles. The van der Waals surface area contributed by atoms with Gasteiger partial charge in [-0.15, -0.1) is 13.2 Å². The van der Waals surface area contributed by atoms with E-state index in [2.05, 4.69) is 43.5 Å². The number of hydrogen-bond donors (Lipinski definition) is 0. The smallest absolute Gasteiger partial charge is 0.00634 e. The Morgan fingerprint density at radius 2 is 1.94 bits per heavy atom. The lowest BCUT2D eigenvalue weighted by Gasteiger charge is -2.14. The minimum Gasteiger partial charge on any atom is -0.103 e. The standard InChI is InChI=1S/C16H18/c1-3-5-10-15-13(8-4-2)12-14-9-6-7-11-16(14)15/h3-4,6-7,9,11-12,15H,1-2,5,8,10H2/t15-/m1/s1. The van der Waals surface area contributed by atoms with Crippen molar-refractivity contribution < 1.29 is 0 Å². The molecule has 82 valence electrons. The van der Waals surface area contributed by atoms with Gasteiger partial charge in [-0.1, -0.05) is 48.1 Å². The topological polar surface area (TPSA) is 0 Å². The highest BCUT2D eigenvalue weighted by atomic mass is 14.3. The van der Waals surface area contributed by atoms with E-state index in [0.717, 1.165) is 12.8 Å². The summed E-state index contributed by atoms with van der Waals surface area (Å²) in [6.07, 6.45) is 9.57. The van der Waals surface area contributed by atoms with Gasteiger partial charge in [-0.05, 0) is 30.4 Å². The molecule has 1 aliphatic rings. The van der Waals surface area contributed by atoms with Gasteiger partial charge < -0.3 is 0 Å². The predicted molar refractivity (Wildman–Crippen MR) is 71.4 cm³/mol. The maximum Gasteiger partial charge on any atom is 0.00634 e. The molecule has 0 bridgehead atoms. The van der Waals surface area contributed by atoms with Crippen molar-refractivity contribution >= 4 is 6.08 Å². The van der Waals surface area contributed by atoms with Crippen LogP contribution >= 0.6 is 0 Å². The van der Waals surface area contributed by atoms with Crippen molar-refractivity contribution in [2.45, 2.75) is 25.2 Å². The first-order valence-corrected chi connectivity index (χ1v) is 5.88. The number of fused-ring (bicyclic) bond motifs is 1. The average molecular weight is 210 g/mol. The van der Waals surface area contributed by atoms with Crippen LogP contribution in [0.15, 0.2) is 55.1 Å². The number of hydrogen-bond acceptors (Lipinski definition) is 0. The lowest BCUT2D eigenvalue weighted by molar-refractivity contribution is 0.716. The lowest BCUT2D eigenvalue weighted by Crippen LogP contribution is -1.98. The molecule has 16 heavy (non-hydrogen) atoms. The second kappa shape index (κ2) is 4.98. The van der Waals surface area contributed by atoms with Crippen LogP contribution in [0.25, 0.3) is 6.08 Å². The minimum atomic E-state index is 0.576.